The van der Waals surface area contributed by atoms with Crippen LogP contribution in [0, 0.1) is 18.8 Å². The summed E-state index contributed by atoms with van der Waals surface area (Å²) in [7, 11) is 2.17. The predicted octanol–water partition coefficient (Wildman–Crippen LogP) is 1.92. The molecule has 1 aromatic carbocycles. The number of hydrogen-bond donors (Lipinski definition) is 0. The average Bonchev–Trinajstić information content (AvgIpc) is 2.85. The van der Waals surface area contributed by atoms with Gasteiger partial charge in [0.05, 0.1) is 0 Å². The first-order chi connectivity index (χ1) is 6.68. The quantitative estimate of drug-likeness (QED) is 0.616. The van der Waals surface area contributed by atoms with Crippen LogP contribution in [0.4, 0.5) is 0 Å². The van der Waals surface area contributed by atoms with Gasteiger partial charge in [0.1, 0.15) is 7.85 Å². The van der Waals surface area contributed by atoms with E-state index in [1.165, 1.54) is 23.0 Å². The highest BCUT2D eigenvalue weighted by atomic mass is 14.3. The van der Waals surface area contributed by atoms with Gasteiger partial charge in [0.15, 0.2) is 0 Å². The molecular weight excluding hydrogens is 167 g/mol. The van der Waals surface area contributed by atoms with E-state index in [1.807, 2.05) is 0 Å². The molecule has 0 amide bonds. The summed E-state index contributed by atoms with van der Waals surface area (Å²) in [4.78, 5) is 0. The topological polar surface area (TPSA) is 0 Å². The van der Waals surface area contributed by atoms with Crippen LogP contribution < -0.4 is 5.46 Å². The van der Waals surface area contributed by atoms with E-state index in [-0.39, 0.29) is 0 Å². The maximum atomic E-state index is 2.37. The molecule has 1 fully saturated rings. The molecule has 1 aliphatic carbocycles. The van der Waals surface area contributed by atoms with Gasteiger partial charge in [-0.25, -0.2) is 0 Å². The SMILES string of the molecule is Bc1cccc(/C=C\C2CC2C)c1C. The van der Waals surface area contributed by atoms with E-state index in [0.29, 0.717) is 0 Å². The Labute approximate surface area is 87.4 Å². The Morgan fingerprint density at radius 1 is 1.43 bits per heavy atom. The minimum atomic E-state index is 0.843. The molecule has 0 spiro atoms. The van der Waals surface area contributed by atoms with Crippen molar-refractivity contribution in [3.63, 3.8) is 0 Å². The lowest BCUT2D eigenvalue weighted by atomic mass is 9.88. The molecule has 0 aromatic heterocycles. The normalized spacial score (nSPS) is 25.6. The van der Waals surface area contributed by atoms with E-state index in [2.05, 4.69) is 52.0 Å². The minimum absolute atomic E-state index is 0.843. The molecular formula is C13H17B. The monoisotopic (exact) mass is 184 g/mol. The van der Waals surface area contributed by atoms with E-state index in [9.17, 15) is 0 Å². The Bertz CT molecular complexity index is 365. The molecule has 2 unspecified atom stereocenters. The van der Waals surface area contributed by atoms with Gasteiger partial charge in [-0.2, -0.15) is 0 Å². The molecule has 1 heteroatoms. The van der Waals surface area contributed by atoms with Crippen molar-refractivity contribution in [1.29, 1.82) is 0 Å². The number of rotatable bonds is 2. The number of allylic oxidation sites excluding steroid dienone is 1. The summed E-state index contributed by atoms with van der Waals surface area (Å²) >= 11 is 0. The molecule has 1 saturated carbocycles. The van der Waals surface area contributed by atoms with Crippen LogP contribution in [-0.4, -0.2) is 7.85 Å². The molecule has 0 radical (unpaired) electrons. The molecule has 1 aliphatic rings. The van der Waals surface area contributed by atoms with Gasteiger partial charge in [-0.05, 0) is 30.7 Å². The average molecular weight is 184 g/mol. The van der Waals surface area contributed by atoms with Crippen LogP contribution in [0.1, 0.15) is 24.5 Å². The fraction of sp³-hybridized carbons (Fsp3) is 0.385. The predicted molar refractivity (Wildman–Crippen MR) is 65.7 cm³/mol. The highest BCUT2D eigenvalue weighted by Gasteiger charge is 2.29. The summed E-state index contributed by atoms with van der Waals surface area (Å²) in [6, 6.07) is 6.51. The van der Waals surface area contributed by atoms with Crippen molar-refractivity contribution in [2.24, 2.45) is 11.8 Å². The molecule has 14 heavy (non-hydrogen) atoms. The smallest absolute Gasteiger partial charge is 0.0855 e. The zero-order chi connectivity index (χ0) is 10.1. The van der Waals surface area contributed by atoms with Gasteiger partial charge in [-0.3, -0.25) is 0 Å². The highest BCUT2D eigenvalue weighted by molar-refractivity contribution is 6.33. The molecule has 0 saturated heterocycles. The van der Waals surface area contributed by atoms with Crippen LogP contribution >= 0.6 is 0 Å². The van der Waals surface area contributed by atoms with Crippen LogP contribution in [-0.2, 0) is 0 Å². The lowest BCUT2D eigenvalue weighted by Crippen LogP contribution is -2.07. The van der Waals surface area contributed by atoms with E-state index in [4.69, 9.17) is 0 Å². The first-order valence-corrected chi connectivity index (χ1v) is 5.43. The number of benzene rings is 1. The second kappa shape index (κ2) is 3.64. The Kier molecular flexibility index (Phi) is 2.49. The van der Waals surface area contributed by atoms with E-state index in [1.54, 1.807) is 0 Å². The fourth-order valence-corrected chi connectivity index (χ4v) is 1.80. The Hall–Kier alpha value is -0.975. The summed E-state index contributed by atoms with van der Waals surface area (Å²) in [6.45, 7) is 4.52. The molecule has 0 nitrogen and oxygen atoms in total. The van der Waals surface area contributed by atoms with Crippen molar-refractivity contribution in [3.8, 4) is 0 Å². The van der Waals surface area contributed by atoms with E-state index < -0.39 is 0 Å². The molecule has 2 rings (SSSR count). The third kappa shape index (κ3) is 1.92. The molecule has 0 heterocycles. The molecule has 0 bridgehead atoms. The van der Waals surface area contributed by atoms with E-state index >= 15 is 0 Å². The second-order valence-corrected chi connectivity index (χ2v) is 4.53. The first kappa shape index (κ1) is 9.58. The maximum Gasteiger partial charge on any atom is 0.139 e. The van der Waals surface area contributed by atoms with Crippen molar-refractivity contribution >= 4 is 19.4 Å². The van der Waals surface area contributed by atoms with Gasteiger partial charge in [-0.1, -0.05) is 48.3 Å². The number of hydrogen-bond acceptors (Lipinski definition) is 0. The van der Waals surface area contributed by atoms with Crippen molar-refractivity contribution in [1.82, 2.24) is 0 Å². The lowest BCUT2D eigenvalue weighted by Gasteiger charge is -2.03. The molecule has 1 aromatic rings. The Morgan fingerprint density at radius 2 is 2.14 bits per heavy atom. The standard InChI is InChI=1S/C13H17B/c1-9-8-12(9)7-6-11-4-3-5-13(14)10(11)2/h3-7,9,12H,8,14H2,1-2H3/b7-6-. The fourth-order valence-electron chi connectivity index (χ4n) is 1.80. The molecule has 0 N–H and O–H groups in total. The van der Waals surface area contributed by atoms with Gasteiger partial charge in [0.25, 0.3) is 0 Å². The largest absolute Gasteiger partial charge is 0.139 e. The van der Waals surface area contributed by atoms with Crippen molar-refractivity contribution in [3.05, 3.63) is 35.4 Å². The van der Waals surface area contributed by atoms with Gasteiger partial charge >= 0.3 is 0 Å². The van der Waals surface area contributed by atoms with Crippen molar-refractivity contribution in [2.75, 3.05) is 0 Å². The Morgan fingerprint density at radius 3 is 2.79 bits per heavy atom. The third-order valence-electron chi connectivity index (χ3n) is 3.34. The van der Waals surface area contributed by atoms with Crippen molar-refractivity contribution in [2.45, 2.75) is 20.3 Å². The van der Waals surface area contributed by atoms with Gasteiger partial charge in [-0.15, -0.1) is 0 Å². The molecule has 72 valence electrons. The van der Waals surface area contributed by atoms with Crippen LogP contribution in [0.15, 0.2) is 24.3 Å². The van der Waals surface area contributed by atoms with Crippen molar-refractivity contribution < 1.29 is 0 Å². The zero-order valence-corrected chi connectivity index (χ0v) is 9.25. The van der Waals surface area contributed by atoms with Crippen LogP contribution in [0.3, 0.4) is 0 Å². The van der Waals surface area contributed by atoms with Crippen LogP contribution in [0.25, 0.3) is 6.08 Å². The molecule has 0 aliphatic heterocycles. The first-order valence-electron chi connectivity index (χ1n) is 5.43. The minimum Gasteiger partial charge on any atom is -0.0855 e. The summed E-state index contributed by atoms with van der Waals surface area (Å²) in [5.41, 5.74) is 4.18. The van der Waals surface area contributed by atoms with Gasteiger partial charge < -0.3 is 0 Å². The van der Waals surface area contributed by atoms with Crippen LogP contribution in [0.5, 0.6) is 0 Å². The summed E-state index contributed by atoms with van der Waals surface area (Å²) in [5, 5.41) is 0. The summed E-state index contributed by atoms with van der Waals surface area (Å²) in [5.74, 6) is 1.76. The third-order valence-corrected chi connectivity index (χ3v) is 3.34. The zero-order valence-electron chi connectivity index (χ0n) is 9.25. The molecule has 2 atom stereocenters. The summed E-state index contributed by atoms with van der Waals surface area (Å²) in [6.07, 6.45) is 6.03. The van der Waals surface area contributed by atoms with Gasteiger partial charge in [0.2, 0.25) is 0 Å². The van der Waals surface area contributed by atoms with Crippen LogP contribution in [0.2, 0.25) is 0 Å². The maximum absolute atomic E-state index is 2.37. The summed E-state index contributed by atoms with van der Waals surface area (Å²) < 4.78 is 0. The second-order valence-electron chi connectivity index (χ2n) is 4.53. The van der Waals surface area contributed by atoms with Gasteiger partial charge in [0, 0.05) is 0 Å². The Balaban J connectivity index is 2.16. The lowest BCUT2D eigenvalue weighted by molar-refractivity contribution is 0.902. The van der Waals surface area contributed by atoms with E-state index in [0.717, 1.165) is 11.8 Å². The highest BCUT2D eigenvalue weighted by Crippen LogP contribution is 2.39.